The molecule has 0 heterocycles. The highest BCUT2D eigenvalue weighted by Gasteiger charge is 2.10. The van der Waals surface area contributed by atoms with Crippen molar-refractivity contribution in [3.8, 4) is 0 Å². The Labute approximate surface area is 85.4 Å². The first-order chi connectivity index (χ1) is 6.49. The summed E-state index contributed by atoms with van der Waals surface area (Å²) in [5.74, 6) is 0.210. The topological polar surface area (TPSA) is 40.1 Å². The third-order valence-corrected chi connectivity index (χ3v) is 4.04. The summed E-state index contributed by atoms with van der Waals surface area (Å²) in [5, 5.41) is 0. The fraction of sp³-hybridized carbons (Fsp3) is 0.455. The van der Waals surface area contributed by atoms with Crippen LogP contribution in [0.2, 0.25) is 0 Å². The van der Waals surface area contributed by atoms with Gasteiger partial charge in [0.2, 0.25) is 0 Å². The summed E-state index contributed by atoms with van der Waals surface area (Å²) in [6.45, 7) is 3.85. The molecule has 0 bridgehead atoms. The lowest BCUT2D eigenvalue weighted by atomic mass is 10.2. The van der Waals surface area contributed by atoms with Gasteiger partial charge < -0.3 is 9.46 Å². The molecule has 14 heavy (non-hydrogen) atoms. The van der Waals surface area contributed by atoms with Gasteiger partial charge in [0.1, 0.15) is 0 Å². The summed E-state index contributed by atoms with van der Waals surface area (Å²) in [4.78, 5) is 11.6. The van der Waals surface area contributed by atoms with Gasteiger partial charge >= 0.3 is 0 Å². The second-order valence-electron chi connectivity index (χ2n) is 4.03. The molecule has 0 amide bonds. The summed E-state index contributed by atoms with van der Waals surface area (Å²) in [6, 6.07) is 9.33. The normalized spacial score (nSPS) is 15.4. The molecule has 0 N–H and O–H groups in total. The van der Waals surface area contributed by atoms with E-state index in [4.69, 9.17) is 0 Å². The van der Waals surface area contributed by atoms with Crippen LogP contribution in [0.15, 0.2) is 30.3 Å². The standard InChI is InChI=1S/C11H17O2P/c1-10(2)8-14(12,13)9-11-6-4-3-5-7-11/h3-7,10H,8-9H2,1-2H3,(H,12,13)/p-1. The van der Waals surface area contributed by atoms with E-state index in [1.54, 1.807) is 0 Å². The Kier molecular flexibility index (Phi) is 3.91. The predicted molar refractivity (Wildman–Crippen MR) is 57.5 cm³/mol. The Morgan fingerprint density at radius 1 is 1.29 bits per heavy atom. The second-order valence-corrected chi connectivity index (χ2v) is 6.35. The molecule has 0 radical (unpaired) electrons. The van der Waals surface area contributed by atoms with Crippen molar-refractivity contribution in [2.24, 2.45) is 5.92 Å². The predicted octanol–water partition coefficient (Wildman–Crippen LogP) is 2.48. The first kappa shape index (κ1) is 11.5. The Balaban J connectivity index is 2.64. The second kappa shape index (κ2) is 4.77. The molecule has 1 aromatic carbocycles. The fourth-order valence-electron chi connectivity index (χ4n) is 1.48. The average molecular weight is 211 g/mol. The van der Waals surface area contributed by atoms with E-state index in [2.05, 4.69) is 0 Å². The summed E-state index contributed by atoms with van der Waals surface area (Å²) in [7, 11) is -3.22. The van der Waals surface area contributed by atoms with Crippen molar-refractivity contribution in [3.63, 3.8) is 0 Å². The Morgan fingerprint density at radius 3 is 2.36 bits per heavy atom. The average Bonchev–Trinajstić information content (AvgIpc) is 2.02. The van der Waals surface area contributed by atoms with Gasteiger partial charge in [-0.05, 0) is 17.6 Å². The largest absolute Gasteiger partial charge is 0.799 e. The van der Waals surface area contributed by atoms with Crippen LogP contribution in [0, 0.1) is 5.92 Å². The van der Waals surface area contributed by atoms with Gasteiger partial charge in [0, 0.05) is 13.5 Å². The van der Waals surface area contributed by atoms with Gasteiger partial charge in [0.05, 0.1) is 0 Å². The van der Waals surface area contributed by atoms with Crippen LogP contribution in [0.5, 0.6) is 0 Å². The molecule has 1 rings (SSSR count). The highest BCUT2D eigenvalue weighted by Crippen LogP contribution is 2.41. The van der Waals surface area contributed by atoms with Crippen molar-refractivity contribution < 1.29 is 9.46 Å². The molecule has 0 aliphatic carbocycles. The summed E-state index contributed by atoms with van der Waals surface area (Å²) < 4.78 is 11.6. The van der Waals surface area contributed by atoms with E-state index in [1.165, 1.54) is 0 Å². The monoisotopic (exact) mass is 211 g/mol. The van der Waals surface area contributed by atoms with E-state index in [0.717, 1.165) is 5.56 Å². The first-order valence-electron chi connectivity index (χ1n) is 4.82. The summed E-state index contributed by atoms with van der Waals surface area (Å²) in [5.41, 5.74) is 0.881. The van der Waals surface area contributed by atoms with Crippen LogP contribution in [0.25, 0.3) is 0 Å². The van der Waals surface area contributed by atoms with E-state index >= 15 is 0 Å². The van der Waals surface area contributed by atoms with E-state index in [-0.39, 0.29) is 12.1 Å². The molecule has 1 aromatic rings. The minimum atomic E-state index is -3.22. The van der Waals surface area contributed by atoms with E-state index < -0.39 is 7.37 Å². The zero-order chi connectivity index (χ0) is 10.6. The smallest absolute Gasteiger partial charge is 0.0193 e. The maximum absolute atomic E-state index is 11.6. The van der Waals surface area contributed by atoms with E-state index in [9.17, 15) is 9.46 Å². The number of hydrogen-bond donors (Lipinski definition) is 0. The minimum Gasteiger partial charge on any atom is -0.799 e. The molecule has 2 nitrogen and oxygen atoms in total. The van der Waals surface area contributed by atoms with Crippen LogP contribution in [0.3, 0.4) is 0 Å². The molecule has 0 saturated carbocycles. The fourth-order valence-corrected chi connectivity index (χ4v) is 3.49. The minimum absolute atomic E-state index is 0.187. The van der Waals surface area contributed by atoms with Gasteiger partial charge in [0.25, 0.3) is 0 Å². The zero-order valence-corrected chi connectivity index (χ0v) is 9.54. The maximum Gasteiger partial charge on any atom is 0.0193 e. The van der Waals surface area contributed by atoms with Gasteiger partial charge in [-0.1, -0.05) is 44.2 Å². The van der Waals surface area contributed by atoms with Gasteiger partial charge in [-0.3, -0.25) is 0 Å². The first-order valence-corrected chi connectivity index (χ1v) is 6.82. The quantitative estimate of drug-likeness (QED) is 0.718. The molecule has 1 atom stereocenters. The van der Waals surface area contributed by atoms with Crippen LogP contribution >= 0.6 is 7.37 Å². The lowest BCUT2D eigenvalue weighted by Gasteiger charge is -2.25. The molecule has 0 aromatic heterocycles. The lowest BCUT2D eigenvalue weighted by molar-refractivity contribution is -0.176. The molecule has 0 saturated heterocycles. The van der Waals surface area contributed by atoms with Crippen LogP contribution < -0.4 is 4.89 Å². The zero-order valence-electron chi connectivity index (χ0n) is 8.64. The van der Waals surface area contributed by atoms with Crippen molar-refractivity contribution in [1.82, 2.24) is 0 Å². The molecule has 0 fully saturated rings. The molecule has 0 aliphatic rings. The molecular weight excluding hydrogens is 195 g/mol. The van der Waals surface area contributed by atoms with Gasteiger partial charge in [-0.15, -0.1) is 0 Å². The van der Waals surface area contributed by atoms with Gasteiger partial charge in [0.15, 0.2) is 0 Å². The third-order valence-electron chi connectivity index (χ3n) is 1.91. The highest BCUT2D eigenvalue weighted by atomic mass is 31.2. The molecular formula is C11H16O2P-. The number of benzene rings is 1. The molecule has 0 spiro atoms. The van der Waals surface area contributed by atoms with Crippen LogP contribution in [0.4, 0.5) is 0 Å². The number of rotatable bonds is 4. The van der Waals surface area contributed by atoms with Crippen LogP contribution in [0.1, 0.15) is 19.4 Å². The molecule has 0 aliphatic heterocycles. The SMILES string of the molecule is CC(C)CP(=O)([O-])Cc1ccccc1. The molecule has 3 heteroatoms. The van der Waals surface area contributed by atoms with E-state index in [0.29, 0.717) is 6.16 Å². The molecule has 1 unspecified atom stereocenters. The van der Waals surface area contributed by atoms with Crippen molar-refractivity contribution in [2.75, 3.05) is 6.16 Å². The van der Waals surface area contributed by atoms with Gasteiger partial charge in [-0.2, -0.15) is 0 Å². The summed E-state index contributed by atoms with van der Waals surface area (Å²) >= 11 is 0. The Bertz CT molecular complexity index is 319. The summed E-state index contributed by atoms with van der Waals surface area (Å²) in [6.07, 6.45) is 0.480. The van der Waals surface area contributed by atoms with E-state index in [1.807, 2.05) is 44.2 Å². The Hall–Kier alpha value is -0.590. The van der Waals surface area contributed by atoms with Crippen LogP contribution in [-0.4, -0.2) is 6.16 Å². The molecule has 78 valence electrons. The van der Waals surface area contributed by atoms with Crippen molar-refractivity contribution in [3.05, 3.63) is 35.9 Å². The highest BCUT2D eigenvalue weighted by molar-refractivity contribution is 7.55. The third kappa shape index (κ3) is 4.08. The van der Waals surface area contributed by atoms with Crippen molar-refractivity contribution >= 4 is 7.37 Å². The van der Waals surface area contributed by atoms with Gasteiger partial charge in [-0.25, -0.2) is 0 Å². The maximum atomic E-state index is 11.6. The lowest BCUT2D eigenvalue weighted by Crippen LogP contribution is -2.11. The number of hydrogen-bond acceptors (Lipinski definition) is 2. The van der Waals surface area contributed by atoms with Crippen molar-refractivity contribution in [2.45, 2.75) is 20.0 Å². The Morgan fingerprint density at radius 2 is 1.86 bits per heavy atom. The van der Waals surface area contributed by atoms with Crippen molar-refractivity contribution in [1.29, 1.82) is 0 Å². The van der Waals surface area contributed by atoms with Crippen LogP contribution in [-0.2, 0) is 10.7 Å².